The van der Waals surface area contributed by atoms with Crippen LogP contribution in [0.4, 0.5) is 5.69 Å². The van der Waals surface area contributed by atoms with Crippen LogP contribution in [0.15, 0.2) is 42.7 Å². The molecule has 0 atom stereocenters. The number of tetrazole rings is 1. The molecule has 138 valence electrons. The molecule has 2 aromatic carbocycles. The molecule has 1 aromatic heterocycles. The predicted octanol–water partition coefficient (Wildman–Crippen LogP) is 2.56. The average Bonchev–Trinajstić information content (AvgIpc) is 3.17. The number of benzene rings is 2. The zero-order valence-corrected chi connectivity index (χ0v) is 16.1. The van der Waals surface area contributed by atoms with Crippen molar-refractivity contribution in [3.63, 3.8) is 0 Å². The van der Waals surface area contributed by atoms with Crippen molar-refractivity contribution in [3.05, 3.63) is 64.4 Å². The number of anilines is 1. The smallest absolute Gasteiger partial charge is 0.269 e. The highest BCUT2D eigenvalue weighted by Gasteiger charge is 2.09. The first-order valence-electron chi connectivity index (χ1n) is 7.91. The average molecular weight is 402 g/mol. The summed E-state index contributed by atoms with van der Waals surface area (Å²) < 4.78 is 1.49. The topological polar surface area (TPSA) is 96.8 Å². The zero-order valence-electron chi connectivity index (χ0n) is 14.5. The first-order valence-corrected chi connectivity index (χ1v) is 8.70. The third kappa shape index (κ3) is 4.57. The van der Waals surface area contributed by atoms with E-state index in [1.807, 2.05) is 26.0 Å². The fourth-order valence-electron chi connectivity index (χ4n) is 2.45. The van der Waals surface area contributed by atoms with Crippen LogP contribution in [-0.4, -0.2) is 31.2 Å². The molecule has 0 aliphatic heterocycles. The van der Waals surface area contributed by atoms with E-state index in [1.54, 1.807) is 24.3 Å². The second-order valence-corrected chi connectivity index (χ2v) is 6.59. The van der Waals surface area contributed by atoms with Crippen LogP contribution in [0.3, 0.4) is 0 Å². The van der Waals surface area contributed by atoms with E-state index in [9.17, 15) is 4.79 Å². The largest absolute Gasteiger partial charge is 0.330 e. The molecule has 0 saturated heterocycles. The molecule has 0 aliphatic rings. The Kier molecular flexibility index (Phi) is 5.63. The van der Waals surface area contributed by atoms with E-state index in [0.717, 1.165) is 16.8 Å². The highest BCUT2D eigenvalue weighted by atomic mass is 35.5. The maximum absolute atomic E-state index is 12.2. The Morgan fingerprint density at radius 1 is 1.15 bits per heavy atom. The Balaban J connectivity index is 1.58. The minimum atomic E-state index is -0.339. The molecule has 3 N–H and O–H groups in total. The van der Waals surface area contributed by atoms with E-state index in [0.29, 0.717) is 16.3 Å². The molecule has 3 aromatic rings. The summed E-state index contributed by atoms with van der Waals surface area (Å²) in [6.07, 6.45) is 1.47. The molecule has 10 heteroatoms. The molecule has 27 heavy (non-hydrogen) atoms. The number of aryl methyl sites for hydroxylation is 2. The lowest BCUT2D eigenvalue weighted by Crippen LogP contribution is -2.43. The van der Waals surface area contributed by atoms with E-state index in [1.165, 1.54) is 11.0 Å². The van der Waals surface area contributed by atoms with Crippen molar-refractivity contribution in [1.82, 2.24) is 31.1 Å². The van der Waals surface area contributed by atoms with Crippen LogP contribution in [0, 0.1) is 13.8 Å². The molecule has 0 unspecified atom stereocenters. The number of amides is 1. The van der Waals surface area contributed by atoms with Gasteiger partial charge in [0.15, 0.2) is 5.11 Å². The number of hydrogen-bond acceptors (Lipinski definition) is 5. The van der Waals surface area contributed by atoms with Crippen molar-refractivity contribution in [2.45, 2.75) is 13.8 Å². The standard InChI is InChI=1S/C17H16ClN7OS/c1-10-7-11(2)15(14(18)8-10)20-17(27)22-21-16(26)12-3-5-13(6-4-12)25-9-19-23-24-25/h3-9H,1-2H3,(H,21,26)(H2,20,22,27). The van der Waals surface area contributed by atoms with Crippen molar-refractivity contribution < 1.29 is 4.79 Å². The van der Waals surface area contributed by atoms with Crippen LogP contribution in [0.1, 0.15) is 21.5 Å². The molecule has 0 radical (unpaired) electrons. The molecule has 0 saturated carbocycles. The fourth-order valence-corrected chi connectivity index (χ4v) is 2.97. The lowest BCUT2D eigenvalue weighted by atomic mass is 10.1. The van der Waals surface area contributed by atoms with Crippen LogP contribution in [0.5, 0.6) is 0 Å². The van der Waals surface area contributed by atoms with Gasteiger partial charge < -0.3 is 5.32 Å². The molecular weight excluding hydrogens is 386 g/mol. The van der Waals surface area contributed by atoms with Crippen molar-refractivity contribution in [2.24, 2.45) is 0 Å². The Morgan fingerprint density at radius 3 is 2.52 bits per heavy atom. The number of aromatic nitrogens is 4. The quantitative estimate of drug-likeness (QED) is 0.458. The van der Waals surface area contributed by atoms with Gasteiger partial charge in [-0.2, -0.15) is 0 Å². The van der Waals surface area contributed by atoms with Crippen LogP contribution >= 0.6 is 23.8 Å². The summed E-state index contributed by atoms with van der Waals surface area (Å²) in [7, 11) is 0. The Labute approximate surface area is 165 Å². The molecular formula is C17H16ClN7OS. The number of carbonyl (C=O) groups excluding carboxylic acids is 1. The summed E-state index contributed by atoms with van der Waals surface area (Å²) in [6.45, 7) is 3.89. The number of thiocarbonyl (C=S) groups is 1. The monoisotopic (exact) mass is 401 g/mol. The summed E-state index contributed by atoms with van der Waals surface area (Å²) in [6, 6.07) is 10.6. The van der Waals surface area contributed by atoms with Crippen molar-refractivity contribution >= 4 is 40.5 Å². The van der Waals surface area contributed by atoms with Crippen molar-refractivity contribution in [2.75, 3.05) is 5.32 Å². The maximum Gasteiger partial charge on any atom is 0.269 e. The Morgan fingerprint density at radius 2 is 1.89 bits per heavy atom. The molecule has 0 fully saturated rings. The lowest BCUT2D eigenvalue weighted by Gasteiger charge is -2.15. The number of hydrogen-bond donors (Lipinski definition) is 3. The third-order valence-corrected chi connectivity index (χ3v) is 4.21. The predicted molar refractivity (Wildman–Crippen MR) is 107 cm³/mol. The van der Waals surface area contributed by atoms with Gasteiger partial charge in [-0.05, 0) is 78.0 Å². The maximum atomic E-state index is 12.2. The first kappa shape index (κ1) is 18.7. The second-order valence-electron chi connectivity index (χ2n) is 5.77. The number of nitrogens with one attached hydrogen (secondary N) is 3. The van der Waals surface area contributed by atoms with Crippen LogP contribution < -0.4 is 16.2 Å². The van der Waals surface area contributed by atoms with Gasteiger partial charge in [-0.15, -0.1) is 5.10 Å². The Hall–Kier alpha value is -3.04. The summed E-state index contributed by atoms with van der Waals surface area (Å²) >= 11 is 11.5. The Bertz CT molecular complexity index is 950. The molecule has 0 bridgehead atoms. The highest BCUT2D eigenvalue weighted by molar-refractivity contribution is 7.80. The van der Waals surface area contributed by atoms with Gasteiger partial charge in [-0.1, -0.05) is 17.7 Å². The number of carbonyl (C=O) groups is 1. The molecule has 8 nitrogen and oxygen atoms in total. The number of hydrazine groups is 1. The fraction of sp³-hybridized carbons (Fsp3) is 0.118. The highest BCUT2D eigenvalue weighted by Crippen LogP contribution is 2.27. The van der Waals surface area contributed by atoms with E-state index < -0.39 is 0 Å². The zero-order chi connectivity index (χ0) is 19.4. The van der Waals surface area contributed by atoms with Crippen molar-refractivity contribution in [3.8, 4) is 5.69 Å². The number of rotatable bonds is 3. The van der Waals surface area contributed by atoms with E-state index in [2.05, 4.69) is 31.7 Å². The van der Waals surface area contributed by atoms with Crippen LogP contribution in [-0.2, 0) is 0 Å². The second kappa shape index (κ2) is 8.11. The first-order chi connectivity index (χ1) is 12.9. The molecule has 0 aliphatic carbocycles. The normalized spacial score (nSPS) is 10.3. The van der Waals surface area contributed by atoms with Gasteiger partial charge in [-0.3, -0.25) is 15.6 Å². The SMILES string of the molecule is Cc1cc(C)c(NC(=S)NNC(=O)c2ccc(-n3cnnn3)cc2)c(Cl)c1. The van der Waals surface area contributed by atoms with Gasteiger partial charge >= 0.3 is 0 Å². The van der Waals surface area contributed by atoms with Gasteiger partial charge in [0.1, 0.15) is 6.33 Å². The number of halogens is 1. The number of nitrogens with zero attached hydrogens (tertiary/aromatic N) is 4. The van der Waals surface area contributed by atoms with Gasteiger partial charge in [0.25, 0.3) is 5.91 Å². The molecule has 1 heterocycles. The van der Waals surface area contributed by atoms with Gasteiger partial charge in [0.2, 0.25) is 0 Å². The lowest BCUT2D eigenvalue weighted by molar-refractivity contribution is 0.0944. The van der Waals surface area contributed by atoms with E-state index in [4.69, 9.17) is 23.8 Å². The van der Waals surface area contributed by atoms with Gasteiger partial charge in [-0.25, -0.2) is 4.68 Å². The van der Waals surface area contributed by atoms with E-state index in [-0.39, 0.29) is 11.0 Å². The van der Waals surface area contributed by atoms with Gasteiger partial charge in [0, 0.05) is 5.56 Å². The molecule has 1 amide bonds. The summed E-state index contributed by atoms with van der Waals surface area (Å²) in [4.78, 5) is 12.2. The van der Waals surface area contributed by atoms with Crippen molar-refractivity contribution in [1.29, 1.82) is 0 Å². The van der Waals surface area contributed by atoms with Crippen LogP contribution in [0.2, 0.25) is 5.02 Å². The summed E-state index contributed by atoms with van der Waals surface area (Å²) in [5.41, 5.74) is 9.10. The minimum absolute atomic E-state index is 0.225. The molecule has 3 rings (SSSR count). The van der Waals surface area contributed by atoms with Crippen LogP contribution in [0.25, 0.3) is 5.69 Å². The van der Waals surface area contributed by atoms with Gasteiger partial charge in [0.05, 0.1) is 16.4 Å². The molecule has 0 spiro atoms. The minimum Gasteiger partial charge on any atom is -0.330 e. The third-order valence-electron chi connectivity index (χ3n) is 3.70. The summed E-state index contributed by atoms with van der Waals surface area (Å²) in [5, 5.41) is 14.7. The van der Waals surface area contributed by atoms with E-state index >= 15 is 0 Å². The summed E-state index contributed by atoms with van der Waals surface area (Å²) in [5.74, 6) is -0.339.